The predicted molar refractivity (Wildman–Crippen MR) is 591 cm³/mol. The van der Waals surface area contributed by atoms with E-state index in [1.807, 2.05) is 0 Å². The van der Waals surface area contributed by atoms with Gasteiger partial charge < -0.3 is 13.3 Å². The molecule has 3 nitrogen and oxygen atoms in total. The molecule has 0 saturated carbocycles. The summed E-state index contributed by atoms with van der Waals surface area (Å²) >= 11 is 0. The Hall–Kier alpha value is -18.3. The number of rotatable bonds is 10. The topological polar surface area (TPSA) is 39.4 Å². The summed E-state index contributed by atoms with van der Waals surface area (Å²) in [6.07, 6.45) is 0. The molecule has 3 heterocycles. The van der Waals surface area contributed by atoms with E-state index in [0.29, 0.717) is 0 Å². The Morgan fingerprint density at radius 2 is 0.317 bits per heavy atom. The van der Waals surface area contributed by atoms with Crippen LogP contribution in [0.4, 0.5) is 0 Å². The lowest BCUT2D eigenvalue weighted by atomic mass is 9.85. The number of hydrogen-bond acceptors (Lipinski definition) is 3. The predicted octanol–water partition coefficient (Wildman–Crippen LogP) is 39.0. The molecule has 0 aliphatic heterocycles. The molecule has 0 unspecified atom stereocenters. The van der Waals surface area contributed by atoms with Gasteiger partial charge in [0.1, 0.15) is 33.5 Å². The zero-order chi connectivity index (χ0) is 91.5. The second kappa shape index (κ2) is 33.4. The van der Waals surface area contributed by atoms with Gasteiger partial charge >= 0.3 is 0 Å². The summed E-state index contributed by atoms with van der Waals surface area (Å²) in [4.78, 5) is 0. The number of benzene rings is 26. The highest BCUT2D eigenvalue weighted by atomic mass is 16.3. The van der Waals surface area contributed by atoms with Crippen molar-refractivity contribution in [3.05, 3.63) is 510 Å². The van der Waals surface area contributed by atoms with Gasteiger partial charge in [-0.3, -0.25) is 0 Å². The van der Waals surface area contributed by atoms with Crippen LogP contribution in [0.2, 0.25) is 0 Å². The molecule has 29 aromatic rings. The summed E-state index contributed by atoms with van der Waals surface area (Å²) in [5.41, 5.74) is 29.4. The molecule has 3 aromatic heterocycles. The minimum Gasteiger partial charge on any atom is -0.455 e. The number of fused-ring (bicyclic) bond motifs is 21. The second-order valence-corrected chi connectivity index (χ2v) is 36.4. The van der Waals surface area contributed by atoms with Crippen molar-refractivity contribution in [3.8, 4) is 111 Å². The first-order valence-corrected chi connectivity index (χ1v) is 47.8. The molecule has 29 rings (SSSR count). The lowest BCUT2D eigenvalue weighted by Crippen LogP contribution is -1.91. The van der Waals surface area contributed by atoms with E-state index in [1.165, 1.54) is 186 Å². The van der Waals surface area contributed by atoms with Crippen molar-refractivity contribution >= 4 is 174 Å². The fourth-order valence-corrected chi connectivity index (χ4v) is 22.7. The molecular weight excluding hydrogens is 1680 g/mol. The molecule has 0 aliphatic rings. The summed E-state index contributed by atoms with van der Waals surface area (Å²) in [5, 5.41) is 31.9. The van der Waals surface area contributed by atoms with Crippen LogP contribution in [0.1, 0.15) is 0 Å². The van der Waals surface area contributed by atoms with Gasteiger partial charge in [-0.1, -0.05) is 479 Å². The highest BCUT2D eigenvalue weighted by Gasteiger charge is 2.27. The third-order valence-corrected chi connectivity index (χ3v) is 28.8. The molecule has 0 spiro atoms. The molecule has 0 fully saturated rings. The molecule has 3 heteroatoms. The van der Waals surface area contributed by atoms with Gasteiger partial charge in [0, 0.05) is 49.0 Å². The zero-order valence-electron chi connectivity index (χ0n) is 75.7. The van der Waals surface area contributed by atoms with E-state index in [-0.39, 0.29) is 0 Å². The van der Waals surface area contributed by atoms with Crippen LogP contribution < -0.4 is 0 Å². The molecular formula is C136H84O3. The number of furan rings is 3. The largest absolute Gasteiger partial charge is 0.455 e. The van der Waals surface area contributed by atoms with Crippen LogP contribution >= 0.6 is 0 Å². The fourth-order valence-electron chi connectivity index (χ4n) is 22.7. The van der Waals surface area contributed by atoms with Crippen LogP contribution in [0.5, 0.6) is 0 Å². The van der Waals surface area contributed by atoms with Crippen LogP contribution in [0.3, 0.4) is 0 Å². The molecule has 139 heavy (non-hydrogen) atoms. The molecule has 0 aliphatic carbocycles. The SMILES string of the molecule is c1ccc(-c2c3ccccc3c(-c3cccc4oc5c(-c6ccc7c(ccc8ccccc87)c6)cccc5c34)c3ccccc23)cc1.c1ccc(-c2c3ccccc3c(-c3cccc4oc5c(-c6ccc7c(ccc8ccccc87)c6)cccc5c34)c3ccccc23)cc1.c1ccc(-c2ccc(-c3cccc4c3oc3cccc(-c5c6ccccc6c(-c6ccccc6)c6ccccc56)c34)cc2)cc1. The first-order chi connectivity index (χ1) is 69.0. The Bertz CT molecular complexity index is 9430. The molecule has 0 N–H and O–H groups in total. The summed E-state index contributed by atoms with van der Waals surface area (Å²) in [7, 11) is 0. The standard InChI is InChI=1S/2C46H28O.C44H28O/c2*1-2-13-30(14-3-1)43-36-16-6-8-18-38(36)44(39-19-9-7-17-37(39)43)40-21-11-23-42-45(40)41-22-10-20-35(46(41)47-42)32-26-27-34-31(28-32)25-24-29-12-4-5-15-33(29)34;1-3-13-29(14-4-1)30-25-27-31(28-26-30)33-21-11-23-39-43-38(22-12-24-40(43)45-44(33)39)42-36-19-9-7-17-34(36)41(32-15-5-2-6-16-32)35-18-8-10-20-37(35)42/h2*1-28H;1-28H. The molecule has 0 amide bonds. The van der Waals surface area contributed by atoms with Crippen molar-refractivity contribution in [3.63, 3.8) is 0 Å². The number of hydrogen-bond donors (Lipinski definition) is 0. The monoisotopic (exact) mass is 1760 g/mol. The van der Waals surface area contributed by atoms with E-state index >= 15 is 0 Å². The van der Waals surface area contributed by atoms with Gasteiger partial charge in [-0.15, -0.1) is 0 Å². The molecule has 26 aromatic carbocycles. The van der Waals surface area contributed by atoms with Gasteiger partial charge in [-0.25, -0.2) is 0 Å². The van der Waals surface area contributed by atoms with Crippen molar-refractivity contribution < 1.29 is 13.3 Å². The zero-order valence-corrected chi connectivity index (χ0v) is 75.7. The fraction of sp³-hybridized carbons (Fsp3) is 0. The molecule has 0 saturated heterocycles. The minimum absolute atomic E-state index is 0.899. The Labute approximate surface area is 801 Å². The lowest BCUT2D eigenvalue weighted by Gasteiger charge is -2.18. The Balaban J connectivity index is 0.000000105. The third-order valence-electron chi connectivity index (χ3n) is 28.8. The van der Waals surface area contributed by atoms with Gasteiger partial charge in [0.25, 0.3) is 0 Å². The van der Waals surface area contributed by atoms with E-state index < -0.39 is 0 Å². The summed E-state index contributed by atoms with van der Waals surface area (Å²) in [5.74, 6) is 0. The Morgan fingerprint density at radius 3 is 0.626 bits per heavy atom. The summed E-state index contributed by atoms with van der Waals surface area (Å²) in [6.45, 7) is 0. The van der Waals surface area contributed by atoms with Crippen molar-refractivity contribution in [1.82, 2.24) is 0 Å². The van der Waals surface area contributed by atoms with Crippen LogP contribution in [-0.4, -0.2) is 0 Å². The van der Waals surface area contributed by atoms with Crippen LogP contribution in [0.15, 0.2) is 523 Å². The van der Waals surface area contributed by atoms with Crippen molar-refractivity contribution in [2.45, 2.75) is 0 Å². The van der Waals surface area contributed by atoms with Gasteiger partial charge in [0.05, 0.1) is 0 Å². The lowest BCUT2D eigenvalue weighted by molar-refractivity contribution is 0.669. The number of para-hydroxylation sites is 3. The van der Waals surface area contributed by atoms with Crippen LogP contribution in [0.25, 0.3) is 285 Å². The van der Waals surface area contributed by atoms with Gasteiger partial charge in [-0.2, -0.15) is 0 Å². The second-order valence-electron chi connectivity index (χ2n) is 36.4. The third kappa shape index (κ3) is 13.4. The van der Waals surface area contributed by atoms with E-state index in [0.717, 1.165) is 99.2 Å². The van der Waals surface area contributed by atoms with Gasteiger partial charge in [-0.05, 0) is 233 Å². The first-order valence-electron chi connectivity index (χ1n) is 47.8. The average molecular weight is 1770 g/mol. The molecule has 646 valence electrons. The first kappa shape index (κ1) is 80.4. The van der Waals surface area contributed by atoms with Crippen LogP contribution in [-0.2, 0) is 0 Å². The summed E-state index contributed by atoms with van der Waals surface area (Å²) < 4.78 is 20.3. The average Bonchev–Trinajstić information content (AvgIpc) is 1.71. The van der Waals surface area contributed by atoms with Crippen molar-refractivity contribution in [2.75, 3.05) is 0 Å². The van der Waals surface area contributed by atoms with E-state index in [4.69, 9.17) is 13.3 Å². The van der Waals surface area contributed by atoms with Gasteiger partial charge in [0.2, 0.25) is 0 Å². The van der Waals surface area contributed by atoms with Crippen LogP contribution in [0, 0.1) is 0 Å². The maximum absolute atomic E-state index is 6.80. The minimum atomic E-state index is 0.899. The maximum Gasteiger partial charge on any atom is 0.143 e. The Morgan fingerprint density at radius 1 is 0.108 bits per heavy atom. The quantitative estimate of drug-likeness (QED) is 0.101. The smallest absolute Gasteiger partial charge is 0.143 e. The Kier molecular flexibility index (Phi) is 19.3. The van der Waals surface area contributed by atoms with E-state index in [1.54, 1.807) is 0 Å². The molecule has 0 radical (unpaired) electrons. The highest BCUT2D eigenvalue weighted by Crippen LogP contribution is 2.54. The molecule has 0 bridgehead atoms. The van der Waals surface area contributed by atoms with E-state index in [2.05, 4.69) is 510 Å². The van der Waals surface area contributed by atoms with Crippen molar-refractivity contribution in [2.24, 2.45) is 0 Å². The molecule has 0 atom stereocenters. The highest BCUT2D eigenvalue weighted by molar-refractivity contribution is 6.31. The van der Waals surface area contributed by atoms with Crippen molar-refractivity contribution in [1.29, 1.82) is 0 Å². The van der Waals surface area contributed by atoms with E-state index in [9.17, 15) is 0 Å². The normalized spacial score (nSPS) is 11.7. The summed E-state index contributed by atoms with van der Waals surface area (Å²) in [6, 6.07) is 184. The van der Waals surface area contributed by atoms with Gasteiger partial charge in [0.15, 0.2) is 0 Å². The maximum atomic E-state index is 6.80.